The number of aromatic nitrogens is 1. The topological polar surface area (TPSA) is 33.2 Å². The van der Waals surface area contributed by atoms with Gasteiger partial charge < -0.3 is 4.90 Å². The third kappa shape index (κ3) is 2.43. The first-order chi connectivity index (χ1) is 7.68. The standard InChI is InChI=1S/C12H15BrN2O/c1-9-4-2-3-7-15(9)12(16)11-6-5-10(13)8-14-11/h5-6,8-9H,2-4,7H2,1H3. The second-order valence-electron chi connectivity index (χ2n) is 4.21. The molecule has 0 radical (unpaired) electrons. The van der Waals surface area contributed by atoms with Gasteiger partial charge >= 0.3 is 0 Å². The molecule has 1 unspecified atom stereocenters. The van der Waals surface area contributed by atoms with Gasteiger partial charge in [-0.2, -0.15) is 0 Å². The SMILES string of the molecule is CC1CCCCN1C(=O)c1ccc(Br)cn1. The lowest BCUT2D eigenvalue weighted by molar-refractivity contribution is 0.0629. The molecule has 3 nitrogen and oxygen atoms in total. The lowest BCUT2D eigenvalue weighted by atomic mass is 10.0. The van der Waals surface area contributed by atoms with E-state index in [1.165, 1.54) is 6.42 Å². The molecule has 4 heteroatoms. The fraction of sp³-hybridized carbons (Fsp3) is 0.500. The smallest absolute Gasteiger partial charge is 0.272 e. The van der Waals surface area contributed by atoms with Crippen LogP contribution < -0.4 is 0 Å². The van der Waals surface area contributed by atoms with Crippen LogP contribution in [0.5, 0.6) is 0 Å². The van der Waals surface area contributed by atoms with Crippen molar-refractivity contribution in [1.82, 2.24) is 9.88 Å². The van der Waals surface area contributed by atoms with E-state index in [1.54, 1.807) is 12.3 Å². The molecule has 1 saturated heterocycles. The van der Waals surface area contributed by atoms with Crippen LogP contribution in [0.15, 0.2) is 22.8 Å². The number of piperidine rings is 1. The quantitative estimate of drug-likeness (QED) is 0.794. The molecule has 16 heavy (non-hydrogen) atoms. The Hall–Kier alpha value is -0.900. The Kier molecular flexibility index (Phi) is 3.59. The number of nitrogens with zero attached hydrogens (tertiary/aromatic N) is 2. The number of pyridine rings is 1. The van der Waals surface area contributed by atoms with Gasteiger partial charge in [-0.1, -0.05) is 0 Å². The van der Waals surface area contributed by atoms with Crippen molar-refractivity contribution in [1.29, 1.82) is 0 Å². The molecule has 0 saturated carbocycles. The Labute approximate surface area is 104 Å². The summed E-state index contributed by atoms with van der Waals surface area (Å²) in [5, 5.41) is 0. The van der Waals surface area contributed by atoms with Gasteiger partial charge in [-0.3, -0.25) is 4.79 Å². The van der Waals surface area contributed by atoms with Crippen LogP contribution in [-0.2, 0) is 0 Å². The Morgan fingerprint density at radius 1 is 1.50 bits per heavy atom. The summed E-state index contributed by atoms with van der Waals surface area (Å²) < 4.78 is 0.899. The molecule has 0 aromatic carbocycles. The number of amides is 1. The van der Waals surface area contributed by atoms with Crippen LogP contribution in [0.1, 0.15) is 36.7 Å². The normalized spacial score (nSPS) is 20.9. The molecule has 1 aromatic heterocycles. The number of carbonyl (C=O) groups excluding carboxylic acids is 1. The van der Waals surface area contributed by atoms with Crippen molar-refractivity contribution in [3.63, 3.8) is 0 Å². The minimum Gasteiger partial charge on any atom is -0.335 e. The summed E-state index contributed by atoms with van der Waals surface area (Å²) in [4.78, 5) is 18.2. The number of hydrogen-bond acceptors (Lipinski definition) is 2. The van der Waals surface area contributed by atoms with Crippen molar-refractivity contribution >= 4 is 21.8 Å². The van der Waals surface area contributed by atoms with E-state index in [2.05, 4.69) is 27.8 Å². The summed E-state index contributed by atoms with van der Waals surface area (Å²) >= 11 is 3.32. The highest BCUT2D eigenvalue weighted by molar-refractivity contribution is 9.10. The molecule has 2 heterocycles. The third-order valence-corrected chi connectivity index (χ3v) is 3.48. The first-order valence-electron chi connectivity index (χ1n) is 5.61. The van der Waals surface area contributed by atoms with E-state index in [0.717, 1.165) is 23.9 Å². The van der Waals surface area contributed by atoms with Crippen LogP contribution >= 0.6 is 15.9 Å². The largest absolute Gasteiger partial charge is 0.335 e. The fourth-order valence-corrected chi connectivity index (χ4v) is 2.28. The fourth-order valence-electron chi connectivity index (χ4n) is 2.05. The maximum absolute atomic E-state index is 12.2. The number of hydrogen-bond donors (Lipinski definition) is 0. The first-order valence-corrected chi connectivity index (χ1v) is 6.40. The number of halogens is 1. The van der Waals surface area contributed by atoms with Gasteiger partial charge in [0.2, 0.25) is 0 Å². The molecule has 0 aliphatic carbocycles. The monoisotopic (exact) mass is 282 g/mol. The van der Waals surface area contributed by atoms with Crippen LogP contribution in [0.4, 0.5) is 0 Å². The second kappa shape index (κ2) is 4.95. The maximum atomic E-state index is 12.2. The molecule has 1 fully saturated rings. The zero-order valence-corrected chi connectivity index (χ0v) is 10.9. The predicted molar refractivity (Wildman–Crippen MR) is 66.3 cm³/mol. The Bertz CT molecular complexity index is 377. The first kappa shape index (κ1) is 11.6. The third-order valence-electron chi connectivity index (χ3n) is 3.01. The summed E-state index contributed by atoms with van der Waals surface area (Å²) in [6.07, 6.45) is 5.09. The molecule has 0 spiro atoms. The summed E-state index contributed by atoms with van der Waals surface area (Å²) in [6, 6.07) is 3.97. The van der Waals surface area contributed by atoms with Crippen LogP contribution in [0.2, 0.25) is 0 Å². The number of carbonyl (C=O) groups is 1. The van der Waals surface area contributed by atoms with Crippen molar-refractivity contribution in [2.45, 2.75) is 32.2 Å². The van der Waals surface area contributed by atoms with E-state index < -0.39 is 0 Å². The molecule has 2 rings (SSSR count). The van der Waals surface area contributed by atoms with Crippen molar-refractivity contribution in [2.75, 3.05) is 6.54 Å². The van der Waals surface area contributed by atoms with Crippen LogP contribution in [0.3, 0.4) is 0 Å². The van der Waals surface area contributed by atoms with Gasteiger partial charge in [-0.05, 0) is 54.2 Å². The number of rotatable bonds is 1. The predicted octanol–water partition coefficient (Wildman–Crippen LogP) is 2.86. The van der Waals surface area contributed by atoms with E-state index in [9.17, 15) is 4.79 Å². The lowest BCUT2D eigenvalue weighted by Crippen LogP contribution is -2.42. The van der Waals surface area contributed by atoms with Gasteiger partial charge in [0.05, 0.1) is 0 Å². The van der Waals surface area contributed by atoms with E-state index in [4.69, 9.17) is 0 Å². The van der Waals surface area contributed by atoms with Crippen LogP contribution in [-0.4, -0.2) is 28.4 Å². The van der Waals surface area contributed by atoms with Crippen molar-refractivity contribution in [3.8, 4) is 0 Å². The summed E-state index contributed by atoms with van der Waals surface area (Å²) in [5.41, 5.74) is 0.539. The van der Waals surface area contributed by atoms with Gasteiger partial charge in [0.1, 0.15) is 5.69 Å². The lowest BCUT2D eigenvalue weighted by Gasteiger charge is -2.33. The molecule has 1 aliphatic rings. The van der Waals surface area contributed by atoms with Gasteiger partial charge in [0.25, 0.3) is 5.91 Å². The van der Waals surface area contributed by atoms with E-state index in [0.29, 0.717) is 11.7 Å². The van der Waals surface area contributed by atoms with Gasteiger partial charge in [0.15, 0.2) is 0 Å². The van der Waals surface area contributed by atoms with Crippen molar-refractivity contribution in [3.05, 3.63) is 28.5 Å². The molecule has 1 atom stereocenters. The average molecular weight is 283 g/mol. The molecule has 1 aliphatic heterocycles. The highest BCUT2D eigenvalue weighted by atomic mass is 79.9. The summed E-state index contributed by atoms with van der Waals surface area (Å²) in [7, 11) is 0. The van der Waals surface area contributed by atoms with Crippen LogP contribution in [0.25, 0.3) is 0 Å². The highest BCUT2D eigenvalue weighted by Gasteiger charge is 2.24. The minimum absolute atomic E-state index is 0.0553. The van der Waals surface area contributed by atoms with Gasteiger partial charge in [0, 0.05) is 23.3 Å². The molecule has 1 amide bonds. The zero-order valence-electron chi connectivity index (χ0n) is 9.32. The molecule has 1 aromatic rings. The van der Waals surface area contributed by atoms with E-state index in [1.807, 2.05) is 11.0 Å². The van der Waals surface area contributed by atoms with E-state index in [-0.39, 0.29) is 5.91 Å². The number of likely N-dealkylation sites (tertiary alicyclic amines) is 1. The molecular weight excluding hydrogens is 268 g/mol. The van der Waals surface area contributed by atoms with E-state index >= 15 is 0 Å². The minimum atomic E-state index is 0.0553. The van der Waals surface area contributed by atoms with Gasteiger partial charge in [-0.25, -0.2) is 4.98 Å². The molecule has 0 bridgehead atoms. The van der Waals surface area contributed by atoms with Crippen LogP contribution in [0, 0.1) is 0 Å². The second-order valence-corrected chi connectivity index (χ2v) is 5.12. The molecule has 86 valence electrons. The summed E-state index contributed by atoms with van der Waals surface area (Å²) in [5.74, 6) is 0.0553. The van der Waals surface area contributed by atoms with Crippen molar-refractivity contribution < 1.29 is 4.79 Å². The Balaban J connectivity index is 2.14. The maximum Gasteiger partial charge on any atom is 0.272 e. The Morgan fingerprint density at radius 3 is 2.94 bits per heavy atom. The van der Waals surface area contributed by atoms with Gasteiger partial charge in [-0.15, -0.1) is 0 Å². The Morgan fingerprint density at radius 2 is 2.31 bits per heavy atom. The molecule has 0 N–H and O–H groups in total. The summed E-state index contributed by atoms with van der Waals surface area (Å²) in [6.45, 7) is 2.97. The van der Waals surface area contributed by atoms with Crippen molar-refractivity contribution in [2.24, 2.45) is 0 Å². The zero-order chi connectivity index (χ0) is 11.5. The highest BCUT2D eigenvalue weighted by Crippen LogP contribution is 2.19. The molecular formula is C12H15BrN2O. The average Bonchev–Trinajstić information content (AvgIpc) is 2.30.